The number of aromatic nitrogens is 1. The van der Waals surface area contributed by atoms with Gasteiger partial charge in [-0.25, -0.2) is 13.4 Å². The van der Waals surface area contributed by atoms with Crippen molar-refractivity contribution in [1.82, 2.24) is 4.98 Å². The van der Waals surface area contributed by atoms with E-state index in [1.54, 1.807) is 30.5 Å². The fraction of sp³-hybridized carbons (Fsp3) is 0.125. The summed E-state index contributed by atoms with van der Waals surface area (Å²) in [6.45, 7) is 1.60. The minimum atomic E-state index is -3.73. The Bertz CT molecular complexity index is 1070. The Labute approximate surface area is 142 Å². The lowest BCUT2D eigenvalue weighted by atomic mass is 10.1. The number of hydrogen-bond acceptors (Lipinski definition) is 5. The standard InChI is InChI=1S/C16H13N3O3S2/c1-10-8-17-16(23-10)18-14(20)9-19-12-6-2-4-11-5-3-7-13(15(11)12)24(19,21)22/h2-8H,9H2,1H3,(H,17,18,20). The third-order valence-corrected chi connectivity index (χ3v) is 6.47. The van der Waals surface area contributed by atoms with E-state index in [9.17, 15) is 13.2 Å². The van der Waals surface area contributed by atoms with Gasteiger partial charge in [-0.1, -0.05) is 24.3 Å². The van der Waals surface area contributed by atoms with E-state index in [2.05, 4.69) is 10.3 Å². The molecule has 1 aliphatic heterocycles. The monoisotopic (exact) mass is 359 g/mol. The van der Waals surface area contributed by atoms with E-state index < -0.39 is 15.9 Å². The number of benzene rings is 2. The van der Waals surface area contributed by atoms with Crippen LogP contribution in [-0.2, 0) is 14.8 Å². The van der Waals surface area contributed by atoms with Gasteiger partial charge in [0.05, 0.1) is 10.6 Å². The van der Waals surface area contributed by atoms with Crippen LogP contribution >= 0.6 is 11.3 Å². The molecule has 0 spiro atoms. The molecule has 2 aromatic carbocycles. The molecule has 0 saturated carbocycles. The smallest absolute Gasteiger partial charge is 0.265 e. The summed E-state index contributed by atoms with van der Waals surface area (Å²) in [6.07, 6.45) is 1.66. The maximum Gasteiger partial charge on any atom is 0.265 e. The van der Waals surface area contributed by atoms with Gasteiger partial charge in [0.15, 0.2) is 5.13 Å². The molecule has 0 saturated heterocycles. The van der Waals surface area contributed by atoms with Crippen LogP contribution in [0.3, 0.4) is 0 Å². The summed E-state index contributed by atoms with van der Waals surface area (Å²) >= 11 is 1.34. The number of rotatable bonds is 3. The Kier molecular flexibility index (Phi) is 3.33. The number of amides is 1. The van der Waals surface area contributed by atoms with Crippen LogP contribution in [0.15, 0.2) is 47.5 Å². The number of nitrogens with zero attached hydrogens (tertiary/aromatic N) is 2. The molecule has 0 atom stereocenters. The van der Waals surface area contributed by atoms with Crippen molar-refractivity contribution < 1.29 is 13.2 Å². The summed E-state index contributed by atoms with van der Waals surface area (Å²) in [4.78, 5) is 17.6. The molecule has 0 unspecified atom stereocenters. The summed E-state index contributed by atoms with van der Waals surface area (Å²) in [6, 6.07) is 10.5. The topological polar surface area (TPSA) is 79.4 Å². The first-order valence-corrected chi connectivity index (χ1v) is 9.49. The zero-order valence-electron chi connectivity index (χ0n) is 12.7. The first-order chi connectivity index (χ1) is 11.5. The number of hydrogen-bond donors (Lipinski definition) is 1. The van der Waals surface area contributed by atoms with Crippen molar-refractivity contribution in [3.63, 3.8) is 0 Å². The molecular formula is C16H13N3O3S2. The van der Waals surface area contributed by atoms with E-state index in [0.29, 0.717) is 16.2 Å². The molecule has 1 aliphatic rings. The summed E-state index contributed by atoms with van der Waals surface area (Å²) in [5.41, 5.74) is 0.536. The van der Waals surface area contributed by atoms with E-state index in [0.717, 1.165) is 14.6 Å². The third kappa shape index (κ3) is 2.26. The second kappa shape index (κ2) is 5.29. The molecule has 2 heterocycles. The van der Waals surface area contributed by atoms with Crippen LogP contribution in [-0.4, -0.2) is 25.9 Å². The lowest BCUT2D eigenvalue weighted by molar-refractivity contribution is -0.114. The number of aryl methyl sites for hydroxylation is 1. The molecule has 6 nitrogen and oxygen atoms in total. The average molecular weight is 359 g/mol. The zero-order valence-corrected chi connectivity index (χ0v) is 14.3. The van der Waals surface area contributed by atoms with Gasteiger partial charge >= 0.3 is 0 Å². The second-order valence-electron chi connectivity index (χ2n) is 5.47. The SMILES string of the molecule is Cc1cnc(NC(=O)CN2c3cccc4cccc(c34)S2(=O)=O)s1. The summed E-state index contributed by atoms with van der Waals surface area (Å²) in [5, 5.41) is 4.62. The molecule has 1 amide bonds. The number of thiazole rings is 1. The third-order valence-electron chi connectivity index (χ3n) is 3.84. The molecule has 0 aliphatic carbocycles. The van der Waals surface area contributed by atoms with Gasteiger partial charge in [0.1, 0.15) is 6.54 Å². The van der Waals surface area contributed by atoms with E-state index in [1.807, 2.05) is 19.1 Å². The van der Waals surface area contributed by atoms with E-state index in [-0.39, 0.29) is 11.4 Å². The van der Waals surface area contributed by atoms with Crippen LogP contribution in [0.4, 0.5) is 10.8 Å². The highest BCUT2D eigenvalue weighted by Crippen LogP contribution is 2.41. The van der Waals surface area contributed by atoms with Crippen molar-refractivity contribution in [1.29, 1.82) is 0 Å². The Morgan fingerprint density at radius 3 is 2.71 bits per heavy atom. The predicted octanol–water partition coefficient (Wildman–Crippen LogP) is 2.75. The first-order valence-electron chi connectivity index (χ1n) is 7.23. The van der Waals surface area contributed by atoms with E-state index in [1.165, 1.54) is 11.3 Å². The van der Waals surface area contributed by atoms with Gasteiger partial charge in [0.25, 0.3) is 10.0 Å². The molecule has 8 heteroatoms. The minimum Gasteiger partial charge on any atom is -0.300 e. The average Bonchev–Trinajstić information content (AvgIpc) is 3.04. The van der Waals surface area contributed by atoms with Crippen molar-refractivity contribution in [3.05, 3.63) is 47.5 Å². The van der Waals surface area contributed by atoms with Gasteiger partial charge in [-0.05, 0) is 24.4 Å². The number of anilines is 2. The molecule has 3 aromatic rings. The highest BCUT2D eigenvalue weighted by atomic mass is 32.2. The molecule has 24 heavy (non-hydrogen) atoms. The normalized spacial score (nSPS) is 15.0. The van der Waals surface area contributed by atoms with Crippen molar-refractivity contribution in [2.45, 2.75) is 11.8 Å². The van der Waals surface area contributed by atoms with Crippen molar-refractivity contribution >= 4 is 48.9 Å². The Morgan fingerprint density at radius 1 is 1.25 bits per heavy atom. The fourth-order valence-electron chi connectivity index (χ4n) is 2.83. The lowest BCUT2D eigenvalue weighted by Crippen LogP contribution is -2.35. The van der Waals surface area contributed by atoms with E-state index >= 15 is 0 Å². The van der Waals surface area contributed by atoms with Crippen molar-refractivity contribution in [3.8, 4) is 0 Å². The highest BCUT2D eigenvalue weighted by Gasteiger charge is 2.36. The molecular weight excluding hydrogens is 346 g/mol. The minimum absolute atomic E-state index is 0.244. The molecule has 1 aromatic heterocycles. The van der Waals surface area contributed by atoms with Crippen LogP contribution < -0.4 is 9.62 Å². The number of sulfonamides is 1. The summed E-state index contributed by atoms with van der Waals surface area (Å²) in [5.74, 6) is -0.419. The van der Waals surface area contributed by atoms with Crippen LogP contribution in [0.5, 0.6) is 0 Å². The number of nitrogens with one attached hydrogen (secondary N) is 1. The van der Waals surface area contributed by atoms with Crippen molar-refractivity contribution in [2.75, 3.05) is 16.2 Å². The van der Waals surface area contributed by atoms with Crippen LogP contribution in [0, 0.1) is 6.92 Å². The van der Waals surface area contributed by atoms with Gasteiger partial charge < -0.3 is 5.32 Å². The molecule has 1 N–H and O–H groups in total. The Hall–Kier alpha value is -2.45. The van der Waals surface area contributed by atoms with Gasteiger partial charge in [-0.3, -0.25) is 9.10 Å². The quantitative estimate of drug-likeness (QED) is 0.780. The molecule has 0 bridgehead atoms. The van der Waals surface area contributed by atoms with Gasteiger partial charge in [-0.2, -0.15) is 0 Å². The maximum absolute atomic E-state index is 12.8. The summed E-state index contributed by atoms with van der Waals surface area (Å²) < 4.78 is 26.7. The predicted molar refractivity (Wildman–Crippen MR) is 94.0 cm³/mol. The van der Waals surface area contributed by atoms with Gasteiger partial charge in [0, 0.05) is 16.5 Å². The fourth-order valence-corrected chi connectivity index (χ4v) is 5.18. The Morgan fingerprint density at radius 2 is 2.00 bits per heavy atom. The number of carbonyl (C=O) groups excluding carboxylic acids is 1. The molecule has 0 fully saturated rings. The first kappa shape index (κ1) is 15.1. The van der Waals surface area contributed by atoms with E-state index in [4.69, 9.17) is 0 Å². The largest absolute Gasteiger partial charge is 0.300 e. The second-order valence-corrected chi connectivity index (χ2v) is 8.53. The van der Waals surface area contributed by atoms with Crippen LogP contribution in [0.1, 0.15) is 4.88 Å². The van der Waals surface area contributed by atoms with Gasteiger partial charge in [0.2, 0.25) is 5.91 Å². The molecule has 4 rings (SSSR count). The zero-order chi connectivity index (χ0) is 16.9. The molecule has 0 radical (unpaired) electrons. The maximum atomic E-state index is 12.8. The summed E-state index contributed by atoms with van der Waals surface area (Å²) in [7, 11) is -3.73. The molecule has 122 valence electrons. The highest BCUT2D eigenvalue weighted by molar-refractivity contribution is 7.93. The lowest BCUT2D eigenvalue weighted by Gasteiger charge is -2.17. The van der Waals surface area contributed by atoms with Gasteiger partial charge in [-0.15, -0.1) is 11.3 Å². The van der Waals surface area contributed by atoms with Crippen LogP contribution in [0.2, 0.25) is 0 Å². The van der Waals surface area contributed by atoms with Crippen molar-refractivity contribution in [2.24, 2.45) is 0 Å². The Balaban J connectivity index is 1.69. The number of carbonyl (C=O) groups is 1. The van der Waals surface area contributed by atoms with Crippen LogP contribution in [0.25, 0.3) is 10.8 Å².